The monoisotopic (exact) mass is 692 g/mol. The molecular weight excluding hydrogens is 663 g/mol. The van der Waals surface area contributed by atoms with Gasteiger partial charge in [0.25, 0.3) is 0 Å². The van der Waals surface area contributed by atoms with Crippen molar-refractivity contribution in [3.8, 4) is 22.5 Å². The normalized spacial score (nSPS) is 10.7. The summed E-state index contributed by atoms with van der Waals surface area (Å²) in [5.74, 6) is 0. The van der Waals surface area contributed by atoms with Crippen molar-refractivity contribution in [2.24, 2.45) is 0 Å². The number of aryl methyl sites for hydroxylation is 6. The van der Waals surface area contributed by atoms with Crippen LogP contribution in [0.3, 0.4) is 0 Å². The molecule has 193 valence electrons. The number of hydrogen-bond acceptors (Lipinski definition) is 4. The van der Waals surface area contributed by atoms with E-state index in [9.17, 15) is 0 Å². The molecule has 0 aliphatic rings. The third kappa shape index (κ3) is 5.76. The van der Waals surface area contributed by atoms with Gasteiger partial charge in [0.1, 0.15) is 0 Å². The zero-order valence-electron chi connectivity index (χ0n) is 22.4. The predicted molar refractivity (Wildman–Crippen MR) is 156 cm³/mol. The molecule has 0 bridgehead atoms. The van der Waals surface area contributed by atoms with Gasteiger partial charge in [-0.25, -0.2) is 0 Å². The van der Waals surface area contributed by atoms with Gasteiger partial charge in [-0.15, -0.1) is 52.4 Å². The Labute approximate surface area is 242 Å². The maximum absolute atomic E-state index is 4.65. The minimum Gasteiger partial charge on any atom is -0.304 e. The Morgan fingerprint density at radius 2 is 1.50 bits per heavy atom. The quantitative estimate of drug-likeness (QED) is 0.171. The molecule has 6 aromatic rings. The zero-order valence-corrected chi connectivity index (χ0v) is 25.6. The second-order valence-corrected chi connectivity index (χ2v) is 10.6. The summed E-state index contributed by atoms with van der Waals surface area (Å²) in [7, 11) is 0. The van der Waals surface area contributed by atoms with Gasteiger partial charge in [0.05, 0.1) is 0 Å². The molecule has 4 aromatic heterocycles. The second-order valence-electron chi connectivity index (χ2n) is 9.66. The van der Waals surface area contributed by atoms with Crippen LogP contribution < -0.4 is 0 Å². The van der Waals surface area contributed by atoms with Crippen LogP contribution in [0, 0.1) is 53.7 Å². The molecule has 0 aliphatic carbocycles. The van der Waals surface area contributed by atoms with Crippen LogP contribution in [0.4, 0.5) is 0 Å². The largest absolute Gasteiger partial charge is 0.304 e. The Bertz CT molecular complexity index is 1700. The van der Waals surface area contributed by atoms with Crippen LogP contribution >= 0.6 is 11.3 Å². The van der Waals surface area contributed by atoms with Gasteiger partial charge in [-0.2, -0.15) is 11.3 Å². The molecule has 38 heavy (non-hydrogen) atoms. The van der Waals surface area contributed by atoms with E-state index >= 15 is 0 Å². The molecule has 0 amide bonds. The fourth-order valence-electron chi connectivity index (χ4n) is 4.20. The summed E-state index contributed by atoms with van der Waals surface area (Å²) < 4.78 is 1.20. The Hall–Kier alpha value is -3.24. The molecule has 4 heterocycles. The molecule has 0 atom stereocenters. The second kappa shape index (κ2) is 11.7. The summed E-state index contributed by atoms with van der Waals surface area (Å²) in [6.07, 6.45) is 5.70. The summed E-state index contributed by atoms with van der Waals surface area (Å²) in [6, 6.07) is 21.5. The van der Waals surface area contributed by atoms with Gasteiger partial charge < -0.3 is 4.98 Å². The van der Waals surface area contributed by atoms with Crippen molar-refractivity contribution in [2.75, 3.05) is 0 Å². The van der Waals surface area contributed by atoms with Crippen molar-refractivity contribution in [3.05, 3.63) is 112 Å². The van der Waals surface area contributed by atoms with Gasteiger partial charge in [-0.3, -0.25) is 9.97 Å². The number of hydrogen-bond donors (Lipinski definition) is 0. The molecule has 3 nitrogen and oxygen atoms in total. The maximum atomic E-state index is 4.65. The first-order chi connectivity index (χ1) is 17.8. The minimum absolute atomic E-state index is 0. The van der Waals surface area contributed by atoms with Crippen molar-refractivity contribution in [3.63, 3.8) is 0 Å². The molecular formula is C33H29IrN3S-2. The van der Waals surface area contributed by atoms with Gasteiger partial charge >= 0.3 is 0 Å². The summed E-state index contributed by atoms with van der Waals surface area (Å²) >= 11 is 1.72. The van der Waals surface area contributed by atoms with Crippen LogP contribution in [0.1, 0.15) is 33.4 Å². The first-order valence-corrected chi connectivity index (χ1v) is 13.2. The number of thiophene rings is 1. The Kier molecular flexibility index (Phi) is 8.52. The van der Waals surface area contributed by atoms with E-state index < -0.39 is 0 Å². The van der Waals surface area contributed by atoms with E-state index in [1.54, 1.807) is 11.3 Å². The summed E-state index contributed by atoms with van der Waals surface area (Å²) in [5, 5.41) is 4.33. The van der Waals surface area contributed by atoms with Crippen molar-refractivity contribution in [1.29, 1.82) is 0 Å². The molecule has 0 saturated carbocycles. The van der Waals surface area contributed by atoms with Crippen molar-refractivity contribution < 1.29 is 20.1 Å². The van der Waals surface area contributed by atoms with E-state index in [0.717, 1.165) is 44.4 Å². The summed E-state index contributed by atoms with van der Waals surface area (Å²) in [5.41, 5.74) is 12.5. The smallest absolute Gasteiger partial charge is 0.0283 e. The van der Waals surface area contributed by atoms with Gasteiger partial charge in [-0.05, 0) is 60.7 Å². The Morgan fingerprint density at radius 1 is 0.711 bits per heavy atom. The molecule has 0 saturated heterocycles. The van der Waals surface area contributed by atoms with Gasteiger partial charge in [0.2, 0.25) is 0 Å². The van der Waals surface area contributed by atoms with Gasteiger partial charge in [0, 0.05) is 49.9 Å². The zero-order chi connectivity index (χ0) is 26.1. The fraction of sp³-hybridized carbons (Fsp3) is 0.182. The number of pyridine rings is 3. The molecule has 0 aliphatic heterocycles. The standard InChI is InChI=1S/C18H13N2S.C15H16N.Ir/c1-11-3-5-19-16(8-11)14-9-13-4-6-21-18(13)17-15(14)7-12(2)10-20-17;1-10-5-6-14(7-11(10)2)15-8-12(3)13(4)9-16-15;/h3-8,10H,1-2H3;5,7-9H,1-4H3;/q2*-1;. The maximum Gasteiger partial charge on any atom is 0.0283 e. The van der Waals surface area contributed by atoms with Gasteiger partial charge in [0.15, 0.2) is 0 Å². The van der Waals surface area contributed by atoms with E-state index in [1.165, 1.54) is 32.5 Å². The number of nitrogens with zero attached hydrogens (tertiary/aromatic N) is 3. The van der Waals surface area contributed by atoms with Crippen LogP contribution in [-0.2, 0) is 20.1 Å². The molecule has 6 rings (SSSR count). The van der Waals surface area contributed by atoms with Crippen LogP contribution in [0.2, 0.25) is 0 Å². The Morgan fingerprint density at radius 3 is 2.24 bits per heavy atom. The van der Waals surface area contributed by atoms with Crippen molar-refractivity contribution in [2.45, 2.75) is 41.5 Å². The number of fused-ring (bicyclic) bond motifs is 3. The minimum atomic E-state index is 0. The van der Waals surface area contributed by atoms with E-state index in [4.69, 9.17) is 0 Å². The third-order valence-electron chi connectivity index (χ3n) is 6.68. The van der Waals surface area contributed by atoms with E-state index in [-0.39, 0.29) is 20.1 Å². The summed E-state index contributed by atoms with van der Waals surface area (Å²) in [6.45, 7) is 12.6. The molecule has 0 N–H and O–H groups in total. The average molecular weight is 692 g/mol. The molecule has 5 heteroatoms. The Balaban J connectivity index is 0.000000179. The fourth-order valence-corrected chi connectivity index (χ4v) is 5.06. The molecule has 1 radical (unpaired) electrons. The SMILES string of the molecule is Cc1c[c-]c(-c2cc(C)c(C)cn2)cc1C.Cc1ccnc(-c2[c-]c3ccsc3c3ncc(C)cc23)c1.[Ir]. The molecule has 0 spiro atoms. The van der Waals surface area contributed by atoms with Crippen LogP contribution in [-0.4, -0.2) is 15.0 Å². The number of aromatic nitrogens is 3. The number of benzene rings is 2. The molecule has 0 unspecified atom stereocenters. The predicted octanol–water partition coefficient (Wildman–Crippen LogP) is 8.71. The van der Waals surface area contributed by atoms with Crippen molar-refractivity contribution >= 4 is 32.3 Å². The first-order valence-electron chi connectivity index (χ1n) is 12.3. The average Bonchev–Trinajstić information content (AvgIpc) is 3.36. The van der Waals surface area contributed by atoms with Crippen LogP contribution in [0.5, 0.6) is 0 Å². The molecule has 2 aromatic carbocycles. The van der Waals surface area contributed by atoms with Crippen LogP contribution in [0.15, 0.2) is 66.4 Å². The van der Waals surface area contributed by atoms with Gasteiger partial charge in [-0.1, -0.05) is 54.1 Å². The first kappa shape index (κ1) is 27.8. The van der Waals surface area contributed by atoms with E-state index in [0.29, 0.717) is 0 Å². The van der Waals surface area contributed by atoms with E-state index in [2.05, 4.69) is 104 Å². The van der Waals surface area contributed by atoms with Crippen molar-refractivity contribution in [1.82, 2.24) is 15.0 Å². The summed E-state index contributed by atoms with van der Waals surface area (Å²) in [4.78, 5) is 13.6. The van der Waals surface area contributed by atoms with E-state index in [1.807, 2.05) is 30.7 Å². The molecule has 0 fully saturated rings. The van der Waals surface area contributed by atoms with Crippen LogP contribution in [0.25, 0.3) is 43.5 Å². The topological polar surface area (TPSA) is 38.7 Å². The third-order valence-corrected chi connectivity index (χ3v) is 7.60. The number of rotatable bonds is 2.